The Balaban J connectivity index is 1.89. The lowest BCUT2D eigenvalue weighted by Crippen LogP contribution is -2.21. The molecule has 9 heteroatoms. The minimum atomic E-state index is -3.82. The topological polar surface area (TPSA) is 119 Å². The van der Waals surface area contributed by atoms with Crippen molar-refractivity contribution in [3.8, 4) is 5.75 Å². The van der Waals surface area contributed by atoms with Crippen molar-refractivity contribution < 1.29 is 22.7 Å². The summed E-state index contributed by atoms with van der Waals surface area (Å²) in [7, 11) is -3.82. The number of rotatable bonds is 4. The Labute approximate surface area is 162 Å². The van der Waals surface area contributed by atoms with Crippen molar-refractivity contribution in [3.05, 3.63) is 59.7 Å². The highest BCUT2D eigenvalue weighted by Gasteiger charge is 2.28. The van der Waals surface area contributed by atoms with Crippen LogP contribution in [0.25, 0.3) is 6.08 Å². The van der Waals surface area contributed by atoms with E-state index >= 15 is 0 Å². The number of carbonyl (C=O) groups excluding carboxylic acids is 2. The number of primary sulfonamides is 1. The van der Waals surface area contributed by atoms with Crippen LogP contribution in [0.5, 0.6) is 5.75 Å². The summed E-state index contributed by atoms with van der Waals surface area (Å²) in [5, 5.41) is 10.5. The highest BCUT2D eigenvalue weighted by atomic mass is 32.2. The Hall–Kier alpha value is -3.30. The van der Waals surface area contributed by atoms with E-state index in [1.54, 1.807) is 37.3 Å². The highest BCUT2D eigenvalue weighted by molar-refractivity contribution is 7.89. The number of amides is 1. The van der Waals surface area contributed by atoms with Crippen molar-refractivity contribution in [1.82, 2.24) is 0 Å². The van der Waals surface area contributed by atoms with Crippen LogP contribution in [0, 0.1) is 0 Å². The maximum Gasteiger partial charge on any atom is 0.308 e. The molecule has 1 aliphatic heterocycles. The number of esters is 1. The van der Waals surface area contributed by atoms with Crippen molar-refractivity contribution in [1.29, 1.82) is 0 Å². The molecule has 144 valence electrons. The van der Waals surface area contributed by atoms with Crippen molar-refractivity contribution >= 4 is 39.4 Å². The van der Waals surface area contributed by atoms with Crippen LogP contribution in [0.15, 0.2) is 64.1 Å². The van der Waals surface area contributed by atoms with Crippen LogP contribution >= 0.6 is 0 Å². The number of benzene rings is 2. The van der Waals surface area contributed by atoms with Crippen LogP contribution in [0.3, 0.4) is 0 Å². The Morgan fingerprint density at radius 1 is 1.18 bits per heavy atom. The molecule has 1 amide bonds. The quantitative estimate of drug-likeness (QED) is 0.479. The van der Waals surface area contributed by atoms with Gasteiger partial charge in [0.1, 0.15) is 5.75 Å². The summed E-state index contributed by atoms with van der Waals surface area (Å²) in [5.74, 6) is -0.426. The SMILES string of the molecule is CC(=O)Oc1cccc(/C=C2\C(=O)N(c3ccc(S(N)(=O)=O)cc3)N=C2C)c1. The number of anilines is 1. The van der Waals surface area contributed by atoms with Crippen molar-refractivity contribution in [2.75, 3.05) is 5.01 Å². The first kappa shape index (κ1) is 19.5. The smallest absolute Gasteiger partial charge is 0.308 e. The Morgan fingerprint density at radius 2 is 1.86 bits per heavy atom. The summed E-state index contributed by atoms with van der Waals surface area (Å²) >= 11 is 0. The lowest BCUT2D eigenvalue weighted by atomic mass is 10.1. The Bertz CT molecular complexity index is 1120. The lowest BCUT2D eigenvalue weighted by Gasteiger charge is -2.12. The fraction of sp³-hybridized carbons (Fsp3) is 0.105. The summed E-state index contributed by atoms with van der Waals surface area (Å²) in [5.41, 5.74) is 1.95. The molecule has 0 bridgehead atoms. The summed E-state index contributed by atoms with van der Waals surface area (Å²) in [6.45, 7) is 3.00. The number of sulfonamides is 1. The number of nitrogens with two attached hydrogens (primary N) is 1. The molecule has 0 unspecified atom stereocenters. The van der Waals surface area contributed by atoms with E-state index in [1.807, 2.05) is 0 Å². The predicted octanol–water partition coefficient (Wildman–Crippen LogP) is 2.07. The van der Waals surface area contributed by atoms with Gasteiger partial charge in [-0.15, -0.1) is 0 Å². The van der Waals surface area contributed by atoms with Crippen LogP contribution < -0.4 is 14.9 Å². The maximum atomic E-state index is 12.8. The number of ether oxygens (including phenoxy) is 1. The van der Waals surface area contributed by atoms with Gasteiger partial charge < -0.3 is 4.74 Å². The van der Waals surface area contributed by atoms with E-state index in [4.69, 9.17) is 9.88 Å². The van der Waals surface area contributed by atoms with Gasteiger partial charge in [0.25, 0.3) is 5.91 Å². The third kappa shape index (κ3) is 4.16. The Kier molecular flexibility index (Phi) is 5.12. The molecule has 3 rings (SSSR count). The van der Waals surface area contributed by atoms with Gasteiger partial charge in [-0.3, -0.25) is 9.59 Å². The fourth-order valence-corrected chi connectivity index (χ4v) is 3.15. The summed E-state index contributed by atoms with van der Waals surface area (Å²) in [6, 6.07) is 12.3. The zero-order valence-corrected chi connectivity index (χ0v) is 15.9. The molecule has 1 aliphatic rings. The molecule has 2 N–H and O–H groups in total. The average molecular weight is 399 g/mol. The van der Waals surface area contributed by atoms with E-state index in [2.05, 4.69) is 5.10 Å². The van der Waals surface area contributed by atoms with Gasteiger partial charge in [0.15, 0.2) is 0 Å². The molecule has 0 radical (unpaired) electrons. The number of carbonyl (C=O) groups is 2. The van der Waals surface area contributed by atoms with Gasteiger partial charge in [-0.25, -0.2) is 13.6 Å². The highest BCUT2D eigenvalue weighted by Crippen LogP contribution is 2.26. The molecule has 2 aromatic rings. The van der Waals surface area contributed by atoms with Gasteiger partial charge in [0.2, 0.25) is 10.0 Å². The molecule has 0 aromatic heterocycles. The normalized spacial score (nSPS) is 15.7. The molecule has 8 nitrogen and oxygen atoms in total. The van der Waals surface area contributed by atoms with Crippen LogP contribution in [0.1, 0.15) is 19.4 Å². The van der Waals surface area contributed by atoms with Gasteiger partial charge in [0.05, 0.1) is 21.9 Å². The standard InChI is InChI=1S/C19H17N3O5S/c1-12-18(11-14-4-3-5-16(10-14)27-13(2)23)19(24)22(21-12)15-6-8-17(9-7-15)28(20,25)26/h3-11H,1-2H3,(H2,20,25,26)/b18-11-. The van der Waals surface area contributed by atoms with Crippen molar-refractivity contribution in [2.24, 2.45) is 10.2 Å². The maximum absolute atomic E-state index is 12.8. The third-order valence-electron chi connectivity index (χ3n) is 3.90. The van der Waals surface area contributed by atoms with E-state index in [9.17, 15) is 18.0 Å². The minimum Gasteiger partial charge on any atom is -0.427 e. The fourth-order valence-electron chi connectivity index (χ4n) is 2.64. The summed E-state index contributed by atoms with van der Waals surface area (Å²) in [6.07, 6.45) is 1.65. The minimum absolute atomic E-state index is 0.0540. The molecule has 2 aromatic carbocycles. The molecule has 0 fully saturated rings. The van der Waals surface area contributed by atoms with Gasteiger partial charge in [-0.05, 0) is 55.0 Å². The average Bonchev–Trinajstić information content (AvgIpc) is 2.89. The van der Waals surface area contributed by atoms with Crippen LogP contribution in [0.2, 0.25) is 0 Å². The molecule has 0 spiro atoms. The number of hydrogen-bond donors (Lipinski definition) is 1. The number of hydrogen-bond acceptors (Lipinski definition) is 6. The summed E-state index contributed by atoms with van der Waals surface area (Å²) in [4.78, 5) is 23.8. The molecule has 0 saturated heterocycles. The van der Waals surface area contributed by atoms with E-state index < -0.39 is 16.0 Å². The van der Waals surface area contributed by atoms with E-state index in [0.29, 0.717) is 28.3 Å². The van der Waals surface area contributed by atoms with Crippen LogP contribution in [-0.4, -0.2) is 26.0 Å². The molecule has 1 heterocycles. The van der Waals surface area contributed by atoms with Crippen molar-refractivity contribution in [2.45, 2.75) is 18.7 Å². The Morgan fingerprint density at radius 3 is 2.46 bits per heavy atom. The van der Waals surface area contributed by atoms with E-state index in [-0.39, 0.29) is 10.8 Å². The molecular weight excluding hydrogens is 382 g/mol. The second-order valence-electron chi connectivity index (χ2n) is 6.07. The molecule has 0 saturated carbocycles. The van der Waals surface area contributed by atoms with Gasteiger partial charge >= 0.3 is 5.97 Å². The monoisotopic (exact) mass is 399 g/mol. The van der Waals surface area contributed by atoms with E-state index in [1.165, 1.54) is 36.2 Å². The molecule has 28 heavy (non-hydrogen) atoms. The van der Waals surface area contributed by atoms with Crippen LogP contribution in [-0.2, 0) is 19.6 Å². The second-order valence-corrected chi connectivity index (χ2v) is 7.63. The number of nitrogens with zero attached hydrogens (tertiary/aromatic N) is 2. The first-order valence-electron chi connectivity index (χ1n) is 8.18. The first-order valence-corrected chi connectivity index (χ1v) is 9.73. The van der Waals surface area contributed by atoms with E-state index in [0.717, 1.165) is 0 Å². The van der Waals surface area contributed by atoms with Gasteiger partial charge in [-0.1, -0.05) is 12.1 Å². The van der Waals surface area contributed by atoms with Gasteiger partial charge in [0, 0.05) is 6.92 Å². The predicted molar refractivity (Wildman–Crippen MR) is 104 cm³/mol. The zero-order valence-electron chi connectivity index (χ0n) is 15.1. The largest absolute Gasteiger partial charge is 0.427 e. The molecule has 0 atom stereocenters. The molecular formula is C19H17N3O5S. The number of hydrazone groups is 1. The third-order valence-corrected chi connectivity index (χ3v) is 4.83. The lowest BCUT2D eigenvalue weighted by molar-refractivity contribution is -0.131. The zero-order chi connectivity index (χ0) is 20.5. The van der Waals surface area contributed by atoms with Gasteiger partial charge in [-0.2, -0.15) is 10.1 Å². The summed E-state index contributed by atoms with van der Waals surface area (Å²) < 4.78 is 27.8. The molecule has 0 aliphatic carbocycles. The van der Waals surface area contributed by atoms with Crippen LogP contribution in [0.4, 0.5) is 5.69 Å². The first-order chi connectivity index (χ1) is 13.1. The second kappa shape index (κ2) is 7.37. The van der Waals surface area contributed by atoms with Crippen molar-refractivity contribution in [3.63, 3.8) is 0 Å².